The summed E-state index contributed by atoms with van der Waals surface area (Å²) < 4.78 is 18.8. The monoisotopic (exact) mass is 411 g/mol. The Morgan fingerprint density at radius 2 is 1.83 bits per heavy atom. The van der Waals surface area contributed by atoms with Crippen molar-refractivity contribution in [3.8, 4) is 0 Å². The Morgan fingerprint density at radius 3 is 2.53 bits per heavy atom. The van der Waals surface area contributed by atoms with Gasteiger partial charge in [0.15, 0.2) is 0 Å². The number of benzene rings is 1. The van der Waals surface area contributed by atoms with Crippen molar-refractivity contribution in [3.63, 3.8) is 0 Å². The summed E-state index contributed by atoms with van der Waals surface area (Å²) in [5, 5.41) is 3.06. The van der Waals surface area contributed by atoms with Gasteiger partial charge in [-0.3, -0.25) is 14.6 Å². The van der Waals surface area contributed by atoms with E-state index in [-0.39, 0.29) is 29.0 Å². The van der Waals surface area contributed by atoms with Gasteiger partial charge in [-0.2, -0.15) is 0 Å². The highest BCUT2D eigenvalue weighted by molar-refractivity contribution is 5.95. The number of ether oxygens (including phenoxy) is 1. The third-order valence-electron chi connectivity index (χ3n) is 6.29. The van der Waals surface area contributed by atoms with E-state index in [0.717, 1.165) is 24.8 Å². The third-order valence-corrected chi connectivity index (χ3v) is 6.29. The molecule has 1 N–H and O–H groups in total. The van der Waals surface area contributed by atoms with E-state index >= 15 is 0 Å². The van der Waals surface area contributed by atoms with Gasteiger partial charge in [0, 0.05) is 56.2 Å². The number of carbonyl (C=O) groups excluding carboxylic acids is 2. The first kappa shape index (κ1) is 20.5. The van der Waals surface area contributed by atoms with Gasteiger partial charge < -0.3 is 15.0 Å². The minimum atomic E-state index is -0.375. The fourth-order valence-corrected chi connectivity index (χ4v) is 4.55. The van der Waals surface area contributed by atoms with E-state index in [2.05, 4.69) is 10.3 Å². The molecule has 2 aromatic rings. The first-order valence-corrected chi connectivity index (χ1v) is 10.4. The Morgan fingerprint density at radius 1 is 1.13 bits per heavy atom. The molecule has 158 valence electrons. The maximum Gasteiger partial charge on any atom is 0.253 e. The highest BCUT2D eigenvalue weighted by Crippen LogP contribution is 2.44. The SMILES string of the molecule is O=C(NCCc1ccncc1)C1CN(C(=O)c2ccc(F)cc2)CC12CCOCC2. The van der Waals surface area contributed by atoms with Crippen molar-refractivity contribution in [1.29, 1.82) is 0 Å². The second-order valence-electron chi connectivity index (χ2n) is 8.12. The third kappa shape index (κ3) is 4.36. The Bertz CT molecular complexity index is 882. The number of hydrogen-bond donors (Lipinski definition) is 1. The van der Waals surface area contributed by atoms with Crippen molar-refractivity contribution in [2.75, 3.05) is 32.8 Å². The topological polar surface area (TPSA) is 71.5 Å². The molecule has 3 heterocycles. The zero-order chi connectivity index (χ0) is 21.0. The molecule has 1 atom stereocenters. The molecule has 30 heavy (non-hydrogen) atoms. The molecule has 1 unspecified atom stereocenters. The van der Waals surface area contributed by atoms with Crippen LogP contribution in [0.4, 0.5) is 4.39 Å². The van der Waals surface area contributed by atoms with Gasteiger partial charge in [-0.15, -0.1) is 0 Å². The summed E-state index contributed by atoms with van der Waals surface area (Å²) in [6.45, 7) is 2.63. The smallest absolute Gasteiger partial charge is 0.253 e. The maximum atomic E-state index is 13.2. The molecule has 1 spiro atoms. The Balaban J connectivity index is 1.45. The number of halogens is 1. The van der Waals surface area contributed by atoms with Crippen molar-refractivity contribution in [3.05, 3.63) is 65.7 Å². The fourth-order valence-electron chi connectivity index (χ4n) is 4.55. The van der Waals surface area contributed by atoms with Crippen molar-refractivity contribution >= 4 is 11.8 Å². The lowest BCUT2D eigenvalue weighted by Gasteiger charge is -2.37. The van der Waals surface area contributed by atoms with Crippen molar-refractivity contribution in [2.24, 2.45) is 11.3 Å². The lowest BCUT2D eigenvalue weighted by atomic mass is 9.71. The van der Waals surface area contributed by atoms with Gasteiger partial charge in [0.2, 0.25) is 5.91 Å². The van der Waals surface area contributed by atoms with Crippen molar-refractivity contribution in [1.82, 2.24) is 15.2 Å². The molecule has 2 aliphatic heterocycles. The zero-order valence-electron chi connectivity index (χ0n) is 16.9. The molecule has 1 aromatic heterocycles. The highest BCUT2D eigenvalue weighted by atomic mass is 19.1. The van der Waals surface area contributed by atoms with E-state index in [1.165, 1.54) is 24.3 Å². The minimum absolute atomic E-state index is 0.0136. The van der Waals surface area contributed by atoms with E-state index in [0.29, 0.717) is 38.4 Å². The van der Waals surface area contributed by atoms with Gasteiger partial charge in [-0.25, -0.2) is 4.39 Å². The van der Waals surface area contributed by atoms with E-state index in [4.69, 9.17) is 4.74 Å². The van der Waals surface area contributed by atoms with Crippen LogP contribution < -0.4 is 5.32 Å². The van der Waals surface area contributed by atoms with Gasteiger partial charge in [0.25, 0.3) is 5.91 Å². The summed E-state index contributed by atoms with van der Waals surface area (Å²) in [5.41, 5.74) is 1.29. The number of nitrogens with one attached hydrogen (secondary N) is 1. The summed E-state index contributed by atoms with van der Waals surface area (Å²) in [7, 11) is 0. The number of hydrogen-bond acceptors (Lipinski definition) is 4. The van der Waals surface area contributed by atoms with Crippen LogP contribution in [-0.2, 0) is 16.0 Å². The van der Waals surface area contributed by atoms with E-state index in [1.54, 1.807) is 17.3 Å². The van der Waals surface area contributed by atoms with Gasteiger partial charge in [-0.1, -0.05) is 0 Å². The Kier molecular flexibility index (Phi) is 6.08. The molecule has 4 rings (SSSR count). The maximum absolute atomic E-state index is 13.2. The van der Waals surface area contributed by atoms with Crippen LogP contribution in [-0.4, -0.2) is 54.5 Å². The van der Waals surface area contributed by atoms with Crippen LogP contribution in [0.2, 0.25) is 0 Å². The predicted molar refractivity (Wildman–Crippen MR) is 109 cm³/mol. The second-order valence-corrected chi connectivity index (χ2v) is 8.12. The van der Waals surface area contributed by atoms with Crippen LogP contribution in [0, 0.1) is 17.2 Å². The van der Waals surface area contributed by atoms with E-state index in [9.17, 15) is 14.0 Å². The molecule has 6 nitrogen and oxygen atoms in total. The molecular weight excluding hydrogens is 385 g/mol. The molecular formula is C23H26FN3O3. The molecule has 0 saturated carbocycles. The molecule has 7 heteroatoms. The normalized spacial score (nSPS) is 20.3. The number of carbonyl (C=O) groups is 2. The van der Waals surface area contributed by atoms with Crippen molar-refractivity contribution < 1.29 is 18.7 Å². The van der Waals surface area contributed by atoms with Crippen LogP contribution in [0.5, 0.6) is 0 Å². The lowest BCUT2D eigenvalue weighted by molar-refractivity contribution is -0.129. The predicted octanol–water partition coefficient (Wildman–Crippen LogP) is 2.45. The van der Waals surface area contributed by atoms with Crippen LogP contribution in [0.1, 0.15) is 28.8 Å². The molecule has 0 aliphatic carbocycles. The number of nitrogens with zero attached hydrogens (tertiary/aromatic N) is 2. The molecule has 0 radical (unpaired) electrons. The largest absolute Gasteiger partial charge is 0.381 e. The number of aromatic nitrogens is 1. The zero-order valence-corrected chi connectivity index (χ0v) is 16.9. The van der Waals surface area contributed by atoms with Gasteiger partial charge >= 0.3 is 0 Å². The van der Waals surface area contributed by atoms with Crippen LogP contribution in [0.25, 0.3) is 0 Å². The number of likely N-dealkylation sites (tertiary alicyclic amines) is 1. The molecule has 1 aromatic carbocycles. The molecule has 0 bridgehead atoms. The van der Waals surface area contributed by atoms with Crippen LogP contribution >= 0.6 is 0 Å². The minimum Gasteiger partial charge on any atom is -0.381 e. The summed E-state index contributed by atoms with van der Waals surface area (Å²) in [4.78, 5) is 31.8. The molecule has 2 aliphatic rings. The molecule has 2 amide bonds. The average molecular weight is 411 g/mol. The van der Waals surface area contributed by atoms with Crippen molar-refractivity contribution in [2.45, 2.75) is 19.3 Å². The summed E-state index contributed by atoms with van der Waals surface area (Å²) in [5.74, 6) is -0.822. The average Bonchev–Trinajstić information content (AvgIpc) is 3.13. The Labute approximate surface area is 175 Å². The van der Waals surface area contributed by atoms with E-state index in [1.807, 2.05) is 12.1 Å². The number of rotatable bonds is 5. The Hall–Kier alpha value is -2.80. The van der Waals surface area contributed by atoms with Gasteiger partial charge in [0.05, 0.1) is 5.92 Å². The highest BCUT2D eigenvalue weighted by Gasteiger charge is 2.51. The lowest BCUT2D eigenvalue weighted by Crippen LogP contribution is -2.44. The fraction of sp³-hybridized carbons (Fsp3) is 0.435. The van der Waals surface area contributed by atoms with Gasteiger partial charge in [0.1, 0.15) is 5.82 Å². The number of amides is 2. The second kappa shape index (κ2) is 8.92. The first-order valence-electron chi connectivity index (χ1n) is 10.4. The van der Waals surface area contributed by atoms with E-state index < -0.39 is 0 Å². The standard InChI is InChI=1S/C23H26FN3O3/c24-19-3-1-18(2-4-19)22(29)27-15-20(23(16-27)8-13-30-14-9-23)21(28)26-12-7-17-5-10-25-11-6-17/h1-6,10-11,20H,7-9,12-16H2,(H,26,28). The number of pyridine rings is 1. The molecule has 2 saturated heterocycles. The summed E-state index contributed by atoms with van der Waals surface area (Å²) >= 11 is 0. The van der Waals surface area contributed by atoms with Crippen LogP contribution in [0.15, 0.2) is 48.8 Å². The summed E-state index contributed by atoms with van der Waals surface area (Å²) in [6, 6.07) is 9.44. The first-order chi connectivity index (χ1) is 14.6. The van der Waals surface area contributed by atoms with Crippen LogP contribution in [0.3, 0.4) is 0 Å². The molecule has 2 fully saturated rings. The quantitative estimate of drug-likeness (QED) is 0.821. The summed E-state index contributed by atoms with van der Waals surface area (Å²) in [6.07, 6.45) is 5.72. The van der Waals surface area contributed by atoms with Gasteiger partial charge in [-0.05, 0) is 61.2 Å².